The van der Waals surface area contributed by atoms with Crippen molar-refractivity contribution >= 4 is 17.5 Å². The Morgan fingerprint density at radius 2 is 2.30 bits per heavy atom. The van der Waals surface area contributed by atoms with Gasteiger partial charge in [-0.25, -0.2) is 0 Å². The molecule has 20 heavy (non-hydrogen) atoms. The van der Waals surface area contributed by atoms with Crippen LogP contribution in [0.3, 0.4) is 0 Å². The van der Waals surface area contributed by atoms with Crippen molar-refractivity contribution in [3.8, 4) is 5.75 Å². The van der Waals surface area contributed by atoms with Crippen molar-refractivity contribution in [3.05, 3.63) is 28.8 Å². The monoisotopic (exact) mass is 296 g/mol. The molecule has 1 amide bonds. The van der Waals surface area contributed by atoms with E-state index in [1.165, 1.54) is 0 Å². The number of rotatable bonds is 5. The van der Waals surface area contributed by atoms with Gasteiger partial charge in [-0.05, 0) is 31.9 Å². The first-order valence-corrected chi connectivity index (χ1v) is 7.52. The molecule has 0 bridgehead atoms. The Morgan fingerprint density at radius 3 is 3.10 bits per heavy atom. The van der Waals surface area contributed by atoms with Crippen molar-refractivity contribution < 1.29 is 9.53 Å². The largest absolute Gasteiger partial charge is 0.479 e. The fraction of sp³-hybridized carbons (Fsp3) is 0.533. The molecule has 4 nitrogen and oxygen atoms in total. The van der Waals surface area contributed by atoms with E-state index < -0.39 is 6.10 Å². The van der Waals surface area contributed by atoms with Gasteiger partial charge < -0.3 is 15.4 Å². The van der Waals surface area contributed by atoms with E-state index in [4.69, 9.17) is 16.3 Å². The lowest BCUT2D eigenvalue weighted by atomic mass is 10.1. The van der Waals surface area contributed by atoms with Crippen LogP contribution in [0.4, 0.5) is 0 Å². The molecule has 1 aliphatic rings. The fourth-order valence-electron chi connectivity index (χ4n) is 2.25. The van der Waals surface area contributed by atoms with Crippen LogP contribution < -0.4 is 15.4 Å². The van der Waals surface area contributed by atoms with Gasteiger partial charge in [0.05, 0.1) is 5.02 Å². The van der Waals surface area contributed by atoms with Gasteiger partial charge in [0.25, 0.3) is 5.91 Å². The van der Waals surface area contributed by atoms with Crippen molar-refractivity contribution in [1.29, 1.82) is 0 Å². The van der Waals surface area contributed by atoms with Crippen LogP contribution in [0.15, 0.2) is 18.2 Å². The first kappa shape index (κ1) is 15.1. The number of amides is 1. The molecule has 0 aliphatic carbocycles. The van der Waals surface area contributed by atoms with Gasteiger partial charge in [-0.2, -0.15) is 0 Å². The molecule has 5 heteroatoms. The molecule has 1 aliphatic heterocycles. The highest BCUT2D eigenvalue weighted by molar-refractivity contribution is 6.32. The molecule has 2 N–H and O–H groups in total. The van der Waals surface area contributed by atoms with Gasteiger partial charge in [-0.3, -0.25) is 4.79 Å². The maximum atomic E-state index is 12.0. The summed E-state index contributed by atoms with van der Waals surface area (Å²) in [6, 6.07) is 5.66. The lowest BCUT2D eigenvalue weighted by Crippen LogP contribution is -2.36. The van der Waals surface area contributed by atoms with Crippen LogP contribution in [0, 0.1) is 0 Å². The summed E-state index contributed by atoms with van der Waals surface area (Å²) in [4.78, 5) is 12.0. The maximum absolute atomic E-state index is 12.0. The second-order valence-electron chi connectivity index (χ2n) is 4.90. The molecular formula is C15H21ClN2O2. The Morgan fingerprint density at radius 1 is 1.45 bits per heavy atom. The first-order chi connectivity index (χ1) is 9.72. The highest BCUT2D eigenvalue weighted by Gasteiger charge is 2.24. The van der Waals surface area contributed by atoms with Gasteiger partial charge in [-0.1, -0.05) is 30.7 Å². The summed E-state index contributed by atoms with van der Waals surface area (Å²) in [6.45, 7) is 4.33. The SMILES string of the molecule is CCNCc1cccc(Cl)c1OC1CCCCNC1=O. The van der Waals surface area contributed by atoms with Crippen LogP contribution in [-0.2, 0) is 11.3 Å². The molecule has 2 rings (SSSR count). The second kappa shape index (κ2) is 7.50. The van der Waals surface area contributed by atoms with Gasteiger partial charge in [0.1, 0.15) is 5.75 Å². The van der Waals surface area contributed by atoms with Crippen LogP contribution >= 0.6 is 11.6 Å². The zero-order chi connectivity index (χ0) is 14.4. The Kier molecular flexibility index (Phi) is 5.68. The van der Waals surface area contributed by atoms with Gasteiger partial charge in [0, 0.05) is 18.7 Å². The molecular weight excluding hydrogens is 276 g/mol. The number of carbonyl (C=O) groups is 1. The Balaban J connectivity index is 2.16. The molecule has 1 heterocycles. The minimum atomic E-state index is -0.447. The van der Waals surface area contributed by atoms with E-state index in [0.717, 1.165) is 37.9 Å². The number of para-hydroxylation sites is 1. The summed E-state index contributed by atoms with van der Waals surface area (Å²) in [6.07, 6.45) is 2.27. The third kappa shape index (κ3) is 3.87. The molecule has 1 unspecified atom stereocenters. The predicted molar refractivity (Wildman–Crippen MR) is 80.1 cm³/mol. The minimum absolute atomic E-state index is 0.0446. The Labute approximate surface area is 124 Å². The number of carbonyl (C=O) groups excluding carboxylic acids is 1. The number of nitrogens with one attached hydrogen (secondary N) is 2. The quantitative estimate of drug-likeness (QED) is 0.878. The van der Waals surface area contributed by atoms with Gasteiger partial charge in [0.2, 0.25) is 0 Å². The van der Waals surface area contributed by atoms with Crippen molar-refractivity contribution in [2.75, 3.05) is 13.1 Å². The van der Waals surface area contributed by atoms with E-state index in [2.05, 4.69) is 10.6 Å². The fourth-order valence-corrected chi connectivity index (χ4v) is 2.49. The number of hydrogen-bond acceptors (Lipinski definition) is 3. The third-order valence-corrected chi connectivity index (χ3v) is 3.66. The number of ether oxygens (including phenoxy) is 1. The summed E-state index contributed by atoms with van der Waals surface area (Å²) < 4.78 is 5.92. The van der Waals surface area contributed by atoms with Gasteiger partial charge in [0.15, 0.2) is 6.10 Å². The maximum Gasteiger partial charge on any atom is 0.261 e. The average molecular weight is 297 g/mol. The van der Waals surface area contributed by atoms with E-state index >= 15 is 0 Å². The van der Waals surface area contributed by atoms with E-state index in [1.807, 2.05) is 19.1 Å². The van der Waals surface area contributed by atoms with Crippen LogP contribution in [0.2, 0.25) is 5.02 Å². The van der Waals surface area contributed by atoms with Crippen LogP contribution in [0.25, 0.3) is 0 Å². The van der Waals surface area contributed by atoms with E-state index in [1.54, 1.807) is 6.07 Å². The molecule has 0 aromatic heterocycles. The summed E-state index contributed by atoms with van der Waals surface area (Å²) in [5, 5.41) is 6.68. The normalized spacial score (nSPS) is 19.3. The van der Waals surface area contributed by atoms with Crippen LogP contribution in [0.5, 0.6) is 5.75 Å². The molecule has 1 saturated heterocycles. The molecule has 1 aromatic carbocycles. The zero-order valence-corrected chi connectivity index (χ0v) is 12.5. The van der Waals surface area contributed by atoms with Crippen molar-refractivity contribution in [2.24, 2.45) is 0 Å². The zero-order valence-electron chi connectivity index (χ0n) is 11.7. The lowest BCUT2D eigenvalue weighted by molar-refractivity contribution is -0.127. The summed E-state index contributed by atoms with van der Waals surface area (Å²) in [5.74, 6) is 0.578. The van der Waals surface area contributed by atoms with E-state index in [0.29, 0.717) is 17.3 Å². The standard InChI is InChI=1S/C15H21ClN2O2/c1-2-17-10-11-6-5-7-12(16)14(11)20-13-8-3-4-9-18-15(13)19/h5-7,13,17H,2-4,8-10H2,1H3,(H,18,19). The van der Waals surface area contributed by atoms with Crippen LogP contribution in [0.1, 0.15) is 31.7 Å². The molecule has 110 valence electrons. The number of halogens is 1. The second-order valence-corrected chi connectivity index (χ2v) is 5.31. The molecule has 1 fully saturated rings. The number of hydrogen-bond donors (Lipinski definition) is 2. The van der Waals surface area contributed by atoms with Gasteiger partial charge >= 0.3 is 0 Å². The highest BCUT2D eigenvalue weighted by Crippen LogP contribution is 2.30. The van der Waals surface area contributed by atoms with E-state index in [-0.39, 0.29) is 5.91 Å². The topological polar surface area (TPSA) is 50.4 Å². The summed E-state index contributed by atoms with van der Waals surface area (Å²) >= 11 is 6.23. The van der Waals surface area contributed by atoms with Crippen molar-refractivity contribution in [3.63, 3.8) is 0 Å². The Hall–Kier alpha value is -1.26. The molecule has 0 spiro atoms. The third-order valence-electron chi connectivity index (χ3n) is 3.36. The molecule has 1 aromatic rings. The Bertz CT molecular complexity index is 465. The van der Waals surface area contributed by atoms with E-state index in [9.17, 15) is 4.79 Å². The average Bonchev–Trinajstić information content (AvgIpc) is 2.64. The minimum Gasteiger partial charge on any atom is -0.479 e. The summed E-state index contributed by atoms with van der Waals surface area (Å²) in [7, 11) is 0. The highest BCUT2D eigenvalue weighted by atomic mass is 35.5. The van der Waals surface area contributed by atoms with Gasteiger partial charge in [-0.15, -0.1) is 0 Å². The summed E-state index contributed by atoms with van der Waals surface area (Å²) in [5.41, 5.74) is 0.983. The van der Waals surface area contributed by atoms with Crippen molar-refractivity contribution in [2.45, 2.75) is 38.8 Å². The number of benzene rings is 1. The smallest absolute Gasteiger partial charge is 0.261 e. The predicted octanol–water partition coefficient (Wildman–Crippen LogP) is 2.50. The van der Waals surface area contributed by atoms with Crippen molar-refractivity contribution in [1.82, 2.24) is 10.6 Å². The first-order valence-electron chi connectivity index (χ1n) is 7.15. The molecule has 0 saturated carbocycles. The molecule has 1 atom stereocenters. The molecule has 0 radical (unpaired) electrons. The van der Waals surface area contributed by atoms with Crippen LogP contribution in [-0.4, -0.2) is 25.1 Å². The lowest BCUT2D eigenvalue weighted by Gasteiger charge is -2.19.